The fourth-order valence-corrected chi connectivity index (χ4v) is 5.99. The van der Waals surface area contributed by atoms with E-state index >= 15 is 0 Å². The number of ketones is 1. The summed E-state index contributed by atoms with van der Waals surface area (Å²) in [5.41, 5.74) is 1.74. The predicted octanol–water partition coefficient (Wildman–Crippen LogP) is 4.76. The van der Waals surface area contributed by atoms with Crippen molar-refractivity contribution in [3.8, 4) is 11.3 Å². The van der Waals surface area contributed by atoms with Crippen LogP contribution in [0.4, 0.5) is 8.78 Å². The summed E-state index contributed by atoms with van der Waals surface area (Å²) < 4.78 is 28.9. The Bertz CT molecular complexity index is 1260. The summed E-state index contributed by atoms with van der Waals surface area (Å²) in [6.07, 6.45) is 6.25. The number of hydrogen-bond acceptors (Lipinski definition) is 6. The van der Waals surface area contributed by atoms with Gasteiger partial charge in [0.05, 0.1) is 34.3 Å². The Balaban J connectivity index is 1.59. The Kier molecular flexibility index (Phi) is 5.51. The van der Waals surface area contributed by atoms with Crippen LogP contribution in [0.5, 0.6) is 0 Å². The average Bonchev–Trinajstić information content (AvgIpc) is 3.20. The number of unbranched alkanes of at least 4 members (excludes halogenated alkanes) is 1. The highest BCUT2D eigenvalue weighted by atomic mass is 19.1. The first-order valence-corrected chi connectivity index (χ1v) is 11.6. The van der Waals surface area contributed by atoms with Crippen molar-refractivity contribution in [2.45, 2.75) is 57.3 Å². The number of aliphatic hydroxyl groups is 1. The van der Waals surface area contributed by atoms with Gasteiger partial charge in [-0.2, -0.15) is 5.10 Å². The van der Waals surface area contributed by atoms with E-state index in [0.29, 0.717) is 30.7 Å². The third kappa shape index (κ3) is 3.19. The van der Waals surface area contributed by atoms with Crippen molar-refractivity contribution in [1.29, 1.82) is 0 Å². The van der Waals surface area contributed by atoms with Crippen molar-refractivity contribution in [3.63, 3.8) is 0 Å². The Hall–Kier alpha value is -3.13. The second-order valence-corrected chi connectivity index (χ2v) is 9.74. The molecule has 1 aromatic carbocycles. The molecule has 176 valence electrons. The van der Waals surface area contributed by atoms with Crippen molar-refractivity contribution in [2.75, 3.05) is 6.61 Å². The molecule has 1 fully saturated rings. The molecule has 2 aliphatic rings. The first-order chi connectivity index (χ1) is 16.3. The van der Waals surface area contributed by atoms with Crippen LogP contribution in [-0.4, -0.2) is 37.7 Å². The molecular formula is C26H26F2N4O2. The third-order valence-corrected chi connectivity index (χ3v) is 7.77. The SMILES string of the molecule is CC1(C)[C@H]2CC[C@]1(c1cncc(C(=O)CCCCO)n1)c1nnc(-c3c(F)cccc3F)cc12. The van der Waals surface area contributed by atoms with Crippen molar-refractivity contribution in [1.82, 2.24) is 20.2 Å². The van der Waals surface area contributed by atoms with Gasteiger partial charge in [-0.05, 0) is 60.8 Å². The maximum atomic E-state index is 14.4. The number of aliphatic hydroxyl groups excluding tert-OH is 1. The van der Waals surface area contributed by atoms with E-state index in [0.717, 1.165) is 24.1 Å². The van der Waals surface area contributed by atoms with E-state index in [4.69, 9.17) is 10.1 Å². The molecule has 2 aromatic heterocycles. The number of hydrogen-bond donors (Lipinski definition) is 1. The largest absolute Gasteiger partial charge is 0.396 e. The second-order valence-electron chi connectivity index (χ2n) is 9.74. The van der Waals surface area contributed by atoms with Crippen LogP contribution in [0.25, 0.3) is 11.3 Å². The first-order valence-electron chi connectivity index (χ1n) is 11.6. The lowest BCUT2D eigenvalue weighted by molar-refractivity contribution is 0.0971. The minimum atomic E-state index is -0.676. The number of rotatable bonds is 7. The topological polar surface area (TPSA) is 88.9 Å². The molecule has 5 rings (SSSR count). The van der Waals surface area contributed by atoms with E-state index in [1.54, 1.807) is 12.3 Å². The smallest absolute Gasteiger partial charge is 0.182 e. The fourth-order valence-electron chi connectivity index (χ4n) is 5.99. The predicted molar refractivity (Wildman–Crippen MR) is 121 cm³/mol. The summed E-state index contributed by atoms with van der Waals surface area (Å²) in [7, 11) is 0. The number of fused-ring (bicyclic) bond motifs is 5. The lowest BCUT2D eigenvalue weighted by Crippen LogP contribution is -2.38. The van der Waals surface area contributed by atoms with Crippen LogP contribution in [0.3, 0.4) is 0 Å². The number of halogens is 2. The lowest BCUT2D eigenvalue weighted by atomic mass is 9.66. The molecule has 0 radical (unpaired) electrons. The molecule has 2 atom stereocenters. The number of aromatic nitrogens is 4. The number of carbonyl (C=O) groups excluding carboxylic acids is 1. The van der Waals surface area contributed by atoms with E-state index in [1.807, 2.05) is 0 Å². The van der Waals surface area contributed by atoms with Crippen LogP contribution in [-0.2, 0) is 5.41 Å². The Morgan fingerprint density at radius 2 is 1.91 bits per heavy atom. The molecule has 0 spiro atoms. The molecule has 8 heteroatoms. The minimum absolute atomic E-state index is 0.0475. The lowest BCUT2D eigenvalue weighted by Gasteiger charge is -2.37. The van der Waals surface area contributed by atoms with Gasteiger partial charge in [-0.15, -0.1) is 5.10 Å². The molecule has 3 aromatic rings. The number of carbonyl (C=O) groups is 1. The summed E-state index contributed by atoms with van der Waals surface area (Å²) in [6.45, 7) is 4.34. The highest BCUT2D eigenvalue weighted by Crippen LogP contribution is 2.69. The third-order valence-electron chi connectivity index (χ3n) is 7.77. The molecule has 0 saturated heterocycles. The quantitative estimate of drug-likeness (QED) is 0.401. The fraction of sp³-hybridized carbons (Fsp3) is 0.423. The zero-order chi connectivity index (χ0) is 24.1. The van der Waals surface area contributed by atoms with Gasteiger partial charge in [-0.1, -0.05) is 19.9 Å². The molecular weight excluding hydrogens is 438 g/mol. The summed E-state index contributed by atoms with van der Waals surface area (Å²) in [4.78, 5) is 21.8. The molecule has 2 heterocycles. The van der Waals surface area contributed by atoms with Gasteiger partial charge in [0.15, 0.2) is 5.78 Å². The standard InChI is InChI=1S/C26H26F2N4O2/c1-25(2)16-9-10-26(25,22-14-29-13-20(30-22)21(34)8-3-4-11-33)24-15(16)12-19(31-32-24)23-17(27)6-5-7-18(23)28/h5-7,12-14,16,33H,3-4,8-11H2,1-2H3/t16-,26-/m0/s1. The Morgan fingerprint density at radius 3 is 2.65 bits per heavy atom. The normalized spacial score (nSPS) is 22.1. The van der Waals surface area contributed by atoms with Crippen LogP contribution in [0.1, 0.15) is 79.3 Å². The van der Waals surface area contributed by atoms with Crippen LogP contribution in [0, 0.1) is 17.0 Å². The molecule has 1 N–H and O–H groups in total. The summed E-state index contributed by atoms with van der Waals surface area (Å²) in [5.74, 6) is -1.35. The second kappa shape index (κ2) is 8.27. The highest BCUT2D eigenvalue weighted by Gasteiger charge is 2.65. The molecule has 2 aliphatic carbocycles. The number of benzene rings is 1. The summed E-state index contributed by atoms with van der Waals surface area (Å²) in [6, 6.07) is 5.51. The van der Waals surface area contributed by atoms with E-state index < -0.39 is 17.0 Å². The van der Waals surface area contributed by atoms with Gasteiger partial charge < -0.3 is 5.11 Å². The van der Waals surface area contributed by atoms with Gasteiger partial charge in [0, 0.05) is 19.2 Å². The minimum Gasteiger partial charge on any atom is -0.396 e. The van der Waals surface area contributed by atoms with Crippen molar-refractivity contribution in [2.24, 2.45) is 5.41 Å². The van der Waals surface area contributed by atoms with Gasteiger partial charge in [0.1, 0.15) is 17.3 Å². The zero-order valence-corrected chi connectivity index (χ0v) is 19.2. The van der Waals surface area contributed by atoms with E-state index in [2.05, 4.69) is 29.0 Å². The van der Waals surface area contributed by atoms with E-state index in [-0.39, 0.29) is 35.0 Å². The monoisotopic (exact) mass is 464 g/mol. The van der Waals surface area contributed by atoms with Gasteiger partial charge in [-0.25, -0.2) is 13.8 Å². The van der Waals surface area contributed by atoms with Crippen molar-refractivity contribution < 1.29 is 18.7 Å². The van der Waals surface area contributed by atoms with Crippen LogP contribution < -0.4 is 0 Å². The molecule has 6 nitrogen and oxygen atoms in total. The average molecular weight is 465 g/mol. The molecule has 0 unspecified atom stereocenters. The molecule has 1 saturated carbocycles. The maximum Gasteiger partial charge on any atom is 0.182 e. The number of nitrogens with zero attached hydrogens (tertiary/aromatic N) is 4. The van der Waals surface area contributed by atoms with Gasteiger partial charge in [0.25, 0.3) is 0 Å². The molecule has 2 bridgehead atoms. The van der Waals surface area contributed by atoms with Crippen molar-refractivity contribution >= 4 is 5.78 Å². The van der Waals surface area contributed by atoms with Gasteiger partial charge in [0.2, 0.25) is 0 Å². The summed E-state index contributed by atoms with van der Waals surface area (Å²) >= 11 is 0. The van der Waals surface area contributed by atoms with Crippen LogP contribution in [0.2, 0.25) is 0 Å². The van der Waals surface area contributed by atoms with E-state index in [9.17, 15) is 13.6 Å². The number of Topliss-reactive ketones (excluding diaryl/α,β-unsaturated/α-hetero) is 1. The molecule has 0 aliphatic heterocycles. The summed E-state index contributed by atoms with van der Waals surface area (Å²) in [5, 5.41) is 17.7. The Labute approximate surface area is 196 Å². The van der Waals surface area contributed by atoms with Crippen molar-refractivity contribution in [3.05, 3.63) is 70.9 Å². The van der Waals surface area contributed by atoms with Gasteiger partial charge in [-0.3, -0.25) is 9.78 Å². The highest BCUT2D eigenvalue weighted by molar-refractivity contribution is 5.94. The molecule has 0 amide bonds. The van der Waals surface area contributed by atoms with Crippen LogP contribution >= 0.6 is 0 Å². The van der Waals surface area contributed by atoms with Gasteiger partial charge >= 0.3 is 0 Å². The zero-order valence-electron chi connectivity index (χ0n) is 19.2. The molecule has 34 heavy (non-hydrogen) atoms. The van der Waals surface area contributed by atoms with E-state index in [1.165, 1.54) is 24.4 Å². The van der Waals surface area contributed by atoms with Crippen LogP contribution in [0.15, 0.2) is 36.7 Å². The first kappa shape index (κ1) is 22.7. The Morgan fingerprint density at radius 1 is 1.15 bits per heavy atom. The maximum absolute atomic E-state index is 14.4.